The fraction of sp³-hybridized carbons (Fsp3) is 0.273. The van der Waals surface area contributed by atoms with Gasteiger partial charge in [0.05, 0.1) is 25.2 Å². The average Bonchev–Trinajstić information content (AvgIpc) is 2.30. The van der Waals surface area contributed by atoms with Gasteiger partial charge in [0, 0.05) is 16.3 Å². The van der Waals surface area contributed by atoms with Crippen molar-refractivity contribution in [1.82, 2.24) is 0 Å². The van der Waals surface area contributed by atoms with Crippen LogP contribution in [0.2, 0.25) is 0 Å². The standard InChI is InChI=1S/C11H12N2O2S/c1-15-11(14)4-5-16-10-3-2-8(7-12)6-9(10)13/h2-3,6H,4-5,13H2,1H3. The van der Waals surface area contributed by atoms with E-state index in [4.69, 9.17) is 11.0 Å². The van der Waals surface area contributed by atoms with E-state index in [1.165, 1.54) is 18.9 Å². The first kappa shape index (κ1) is 12.4. The van der Waals surface area contributed by atoms with Crippen LogP contribution in [0.4, 0.5) is 5.69 Å². The lowest BCUT2D eigenvalue weighted by Gasteiger charge is -2.04. The molecule has 0 bridgehead atoms. The number of esters is 1. The largest absolute Gasteiger partial charge is 0.469 e. The van der Waals surface area contributed by atoms with Crippen LogP contribution in [0.1, 0.15) is 12.0 Å². The summed E-state index contributed by atoms with van der Waals surface area (Å²) in [5, 5.41) is 8.66. The number of anilines is 1. The van der Waals surface area contributed by atoms with Gasteiger partial charge in [-0.15, -0.1) is 11.8 Å². The molecule has 0 aliphatic carbocycles. The SMILES string of the molecule is COC(=O)CCSc1ccc(C#N)cc1N. The number of nitrogens with zero attached hydrogens (tertiary/aromatic N) is 1. The van der Waals surface area contributed by atoms with Crippen LogP contribution in [-0.2, 0) is 9.53 Å². The summed E-state index contributed by atoms with van der Waals surface area (Å²) in [6.07, 6.45) is 0.348. The Bertz CT molecular complexity index is 426. The summed E-state index contributed by atoms with van der Waals surface area (Å²) in [4.78, 5) is 11.8. The Morgan fingerprint density at radius 3 is 2.94 bits per heavy atom. The van der Waals surface area contributed by atoms with E-state index in [2.05, 4.69) is 4.74 Å². The normalized spacial score (nSPS) is 9.50. The second-order valence-electron chi connectivity index (χ2n) is 3.04. The maximum Gasteiger partial charge on any atom is 0.306 e. The third-order valence-electron chi connectivity index (χ3n) is 1.93. The van der Waals surface area contributed by atoms with E-state index in [0.29, 0.717) is 23.4 Å². The van der Waals surface area contributed by atoms with Gasteiger partial charge in [-0.2, -0.15) is 5.26 Å². The molecule has 1 aromatic rings. The van der Waals surface area contributed by atoms with Crippen molar-refractivity contribution in [3.63, 3.8) is 0 Å². The highest BCUT2D eigenvalue weighted by Crippen LogP contribution is 2.26. The highest BCUT2D eigenvalue weighted by Gasteiger charge is 2.04. The van der Waals surface area contributed by atoms with E-state index in [-0.39, 0.29) is 5.97 Å². The maximum atomic E-state index is 10.9. The van der Waals surface area contributed by atoms with Crippen LogP contribution >= 0.6 is 11.8 Å². The zero-order valence-corrected chi connectivity index (χ0v) is 9.71. The van der Waals surface area contributed by atoms with Gasteiger partial charge in [-0.25, -0.2) is 0 Å². The van der Waals surface area contributed by atoms with Crippen molar-refractivity contribution in [2.45, 2.75) is 11.3 Å². The minimum atomic E-state index is -0.236. The fourth-order valence-corrected chi connectivity index (χ4v) is 1.97. The molecule has 0 aliphatic heterocycles. The van der Waals surface area contributed by atoms with Crippen molar-refractivity contribution in [2.24, 2.45) is 0 Å². The molecule has 0 aliphatic rings. The number of nitrogen functional groups attached to an aromatic ring is 1. The lowest BCUT2D eigenvalue weighted by Crippen LogP contribution is -2.01. The molecule has 0 aromatic heterocycles. The smallest absolute Gasteiger partial charge is 0.306 e. The number of rotatable bonds is 4. The number of hydrogen-bond donors (Lipinski definition) is 1. The van der Waals surface area contributed by atoms with E-state index in [9.17, 15) is 4.79 Å². The Morgan fingerprint density at radius 1 is 1.62 bits per heavy atom. The third-order valence-corrected chi connectivity index (χ3v) is 3.02. The van der Waals surface area contributed by atoms with Crippen molar-refractivity contribution < 1.29 is 9.53 Å². The maximum absolute atomic E-state index is 10.9. The molecule has 84 valence electrons. The molecule has 2 N–H and O–H groups in total. The van der Waals surface area contributed by atoms with Gasteiger partial charge in [-0.3, -0.25) is 4.79 Å². The first-order valence-corrected chi connectivity index (χ1v) is 5.65. The predicted molar refractivity (Wildman–Crippen MR) is 62.9 cm³/mol. The van der Waals surface area contributed by atoms with Crippen LogP contribution in [0.5, 0.6) is 0 Å². The second kappa shape index (κ2) is 6.03. The van der Waals surface area contributed by atoms with Gasteiger partial charge in [0.15, 0.2) is 0 Å². The van der Waals surface area contributed by atoms with Crippen LogP contribution in [0.25, 0.3) is 0 Å². The molecule has 0 spiro atoms. The number of benzene rings is 1. The molecule has 0 radical (unpaired) electrons. The topological polar surface area (TPSA) is 76.1 Å². The van der Waals surface area contributed by atoms with Gasteiger partial charge in [0.25, 0.3) is 0 Å². The molecule has 0 unspecified atom stereocenters. The highest BCUT2D eigenvalue weighted by atomic mass is 32.2. The lowest BCUT2D eigenvalue weighted by molar-refractivity contribution is -0.140. The summed E-state index contributed by atoms with van der Waals surface area (Å²) in [6, 6.07) is 7.13. The number of methoxy groups -OCH3 is 1. The van der Waals surface area contributed by atoms with E-state index in [1.54, 1.807) is 18.2 Å². The van der Waals surface area contributed by atoms with Crippen molar-refractivity contribution in [3.05, 3.63) is 23.8 Å². The van der Waals surface area contributed by atoms with E-state index in [0.717, 1.165) is 4.90 Å². The van der Waals surface area contributed by atoms with Crippen molar-refractivity contribution in [1.29, 1.82) is 5.26 Å². The van der Waals surface area contributed by atoms with Crippen LogP contribution < -0.4 is 5.73 Å². The Labute approximate surface area is 98.4 Å². The minimum absolute atomic E-state index is 0.236. The van der Waals surface area contributed by atoms with Gasteiger partial charge >= 0.3 is 5.97 Å². The highest BCUT2D eigenvalue weighted by molar-refractivity contribution is 7.99. The van der Waals surface area contributed by atoms with Crippen LogP contribution in [0, 0.1) is 11.3 Å². The Kier molecular flexibility index (Phi) is 4.67. The van der Waals surface area contributed by atoms with Gasteiger partial charge in [0.2, 0.25) is 0 Å². The molecule has 1 rings (SSSR count). The Morgan fingerprint density at radius 2 is 2.38 bits per heavy atom. The predicted octanol–water partition coefficient (Wildman–Crippen LogP) is 1.80. The number of carbonyl (C=O) groups is 1. The third kappa shape index (κ3) is 3.48. The quantitative estimate of drug-likeness (QED) is 0.490. The number of carbonyl (C=O) groups excluding carboxylic acids is 1. The molecule has 5 heteroatoms. The Hall–Kier alpha value is -1.67. The fourth-order valence-electron chi connectivity index (χ4n) is 1.10. The summed E-state index contributed by atoms with van der Waals surface area (Å²) >= 11 is 1.47. The molecular formula is C11H12N2O2S. The summed E-state index contributed by atoms with van der Waals surface area (Å²) in [5.74, 6) is 0.377. The summed E-state index contributed by atoms with van der Waals surface area (Å²) in [7, 11) is 1.36. The van der Waals surface area contributed by atoms with E-state index >= 15 is 0 Å². The van der Waals surface area contributed by atoms with Crippen molar-refractivity contribution >= 4 is 23.4 Å². The zero-order valence-electron chi connectivity index (χ0n) is 8.90. The molecule has 1 aromatic carbocycles. The molecule has 0 fully saturated rings. The molecule has 0 amide bonds. The van der Waals surface area contributed by atoms with Crippen LogP contribution in [0.15, 0.2) is 23.1 Å². The molecular weight excluding hydrogens is 224 g/mol. The van der Waals surface area contributed by atoms with Crippen LogP contribution in [0.3, 0.4) is 0 Å². The van der Waals surface area contributed by atoms with Gasteiger partial charge in [-0.05, 0) is 18.2 Å². The molecule has 0 saturated carbocycles. The molecule has 16 heavy (non-hydrogen) atoms. The molecule has 0 atom stereocenters. The monoisotopic (exact) mass is 236 g/mol. The van der Waals surface area contributed by atoms with Gasteiger partial charge in [-0.1, -0.05) is 0 Å². The zero-order chi connectivity index (χ0) is 12.0. The molecule has 0 saturated heterocycles. The van der Waals surface area contributed by atoms with E-state index in [1.807, 2.05) is 6.07 Å². The number of nitrogens with two attached hydrogens (primary N) is 1. The first-order valence-electron chi connectivity index (χ1n) is 4.66. The van der Waals surface area contributed by atoms with Crippen molar-refractivity contribution in [3.8, 4) is 6.07 Å². The molecule has 4 nitrogen and oxygen atoms in total. The van der Waals surface area contributed by atoms with Crippen LogP contribution in [-0.4, -0.2) is 18.8 Å². The minimum Gasteiger partial charge on any atom is -0.469 e. The molecule has 0 heterocycles. The lowest BCUT2D eigenvalue weighted by atomic mass is 10.2. The summed E-state index contributed by atoms with van der Waals surface area (Å²) in [6.45, 7) is 0. The number of ether oxygens (including phenoxy) is 1. The number of thioether (sulfide) groups is 1. The van der Waals surface area contributed by atoms with E-state index < -0.39 is 0 Å². The number of nitriles is 1. The van der Waals surface area contributed by atoms with Gasteiger partial charge in [0.1, 0.15) is 0 Å². The van der Waals surface area contributed by atoms with Crippen molar-refractivity contribution in [2.75, 3.05) is 18.6 Å². The first-order chi connectivity index (χ1) is 7.67. The van der Waals surface area contributed by atoms with Gasteiger partial charge < -0.3 is 10.5 Å². The summed E-state index contributed by atoms with van der Waals surface area (Å²) < 4.78 is 4.53. The Balaban J connectivity index is 2.55. The summed E-state index contributed by atoms with van der Waals surface area (Å²) in [5.41, 5.74) is 6.86. The second-order valence-corrected chi connectivity index (χ2v) is 4.18. The number of hydrogen-bond acceptors (Lipinski definition) is 5. The average molecular weight is 236 g/mol.